The van der Waals surface area contributed by atoms with Gasteiger partial charge in [-0.2, -0.15) is 0 Å². The lowest BCUT2D eigenvalue weighted by atomic mass is 9.54. The normalized spacial score (nSPS) is 37.8. The molecule has 0 heterocycles. The van der Waals surface area contributed by atoms with Gasteiger partial charge in [-0.05, 0) is 83.0 Å². The molecule has 0 aromatic heterocycles. The molecule has 1 nitrogen and oxygen atoms in total. The second-order valence-corrected chi connectivity index (χ2v) is 8.38. The van der Waals surface area contributed by atoms with Crippen molar-refractivity contribution in [2.45, 2.75) is 85.2 Å². The number of aliphatic hydroxyl groups is 1. The van der Waals surface area contributed by atoms with Gasteiger partial charge in [-0.15, -0.1) is 0 Å². The van der Waals surface area contributed by atoms with Crippen LogP contribution in [0.15, 0.2) is 23.3 Å². The van der Waals surface area contributed by atoms with Crippen LogP contribution in [0.25, 0.3) is 0 Å². The van der Waals surface area contributed by atoms with E-state index in [-0.39, 0.29) is 5.41 Å². The Kier molecular flexibility index (Phi) is 5.03. The summed E-state index contributed by atoms with van der Waals surface area (Å²) in [7, 11) is 0. The van der Waals surface area contributed by atoms with Gasteiger partial charge in [0, 0.05) is 0 Å². The van der Waals surface area contributed by atoms with Crippen LogP contribution in [0.3, 0.4) is 0 Å². The number of allylic oxidation sites excluding steroid dienone is 4. The lowest BCUT2D eigenvalue weighted by Gasteiger charge is -2.53. The maximum Gasteiger partial charge on any atom is 0.0653 e. The van der Waals surface area contributed by atoms with Crippen molar-refractivity contribution in [1.82, 2.24) is 0 Å². The fourth-order valence-electron chi connectivity index (χ4n) is 4.67. The summed E-state index contributed by atoms with van der Waals surface area (Å²) >= 11 is 0. The van der Waals surface area contributed by atoms with E-state index in [4.69, 9.17) is 0 Å². The molecule has 1 heteroatoms. The molecule has 0 aromatic rings. The fourth-order valence-corrected chi connectivity index (χ4v) is 4.67. The minimum absolute atomic E-state index is 0.220. The molecular weight excluding hydrogens is 256 g/mol. The summed E-state index contributed by atoms with van der Waals surface area (Å²) in [6.07, 6.45) is 12.8. The van der Waals surface area contributed by atoms with E-state index in [1.54, 1.807) is 0 Å². The van der Waals surface area contributed by atoms with E-state index >= 15 is 0 Å². The Hall–Kier alpha value is -0.560. The fraction of sp³-hybridized carbons (Fsp3) is 0.800. The molecule has 0 radical (unpaired) electrons. The smallest absolute Gasteiger partial charge is 0.0653 e. The molecular formula is C20H34O. The van der Waals surface area contributed by atoms with Crippen LogP contribution in [0.4, 0.5) is 0 Å². The molecule has 0 amide bonds. The van der Waals surface area contributed by atoms with Crippen LogP contribution in [0.5, 0.6) is 0 Å². The Labute approximate surface area is 131 Å². The minimum atomic E-state index is -0.497. The van der Waals surface area contributed by atoms with Crippen LogP contribution in [-0.4, -0.2) is 10.7 Å². The summed E-state index contributed by atoms with van der Waals surface area (Å²) in [6, 6.07) is 0. The van der Waals surface area contributed by atoms with Crippen LogP contribution in [-0.2, 0) is 0 Å². The zero-order valence-corrected chi connectivity index (χ0v) is 14.7. The van der Waals surface area contributed by atoms with Crippen molar-refractivity contribution in [3.8, 4) is 0 Å². The van der Waals surface area contributed by atoms with E-state index in [2.05, 4.69) is 46.8 Å². The molecule has 0 spiro atoms. The molecule has 3 atom stereocenters. The summed E-state index contributed by atoms with van der Waals surface area (Å²) in [6.45, 7) is 11.4. The SMILES string of the molecule is CC1=CCC2CCC(C)(O)C(CCC(C)=CCC1)C2(C)C. The average Bonchev–Trinajstić information content (AvgIpc) is 2.35. The number of fused-ring (bicyclic) bond motifs is 2. The molecule has 1 N–H and O–H groups in total. The monoisotopic (exact) mass is 290 g/mol. The Bertz CT molecular complexity index is 425. The Morgan fingerprint density at radius 1 is 1.00 bits per heavy atom. The molecule has 0 saturated heterocycles. The maximum absolute atomic E-state index is 10.9. The van der Waals surface area contributed by atoms with Gasteiger partial charge in [0.25, 0.3) is 0 Å². The van der Waals surface area contributed by atoms with Crippen molar-refractivity contribution in [2.24, 2.45) is 17.3 Å². The highest BCUT2D eigenvalue weighted by Gasteiger charge is 2.49. The van der Waals surface area contributed by atoms with Crippen molar-refractivity contribution < 1.29 is 5.11 Å². The first-order chi connectivity index (χ1) is 9.73. The Morgan fingerprint density at radius 2 is 1.67 bits per heavy atom. The van der Waals surface area contributed by atoms with Gasteiger partial charge in [0.2, 0.25) is 0 Å². The third-order valence-corrected chi connectivity index (χ3v) is 6.31. The van der Waals surface area contributed by atoms with Gasteiger partial charge >= 0.3 is 0 Å². The van der Waals surface area contributed by atoms with Crippen LogP contribution < -0.4 is 0 Å². The second kappa shape index (κ2) is 6.28. The molecule has 2 bridgehead atoms. The van der Waals surface area contributed by atoms with Crippen molar-refractivity contribution in [3.63, 3.8) is 0 Å². The lowest BCUT2D eigenvalue weighted by molar-refractivity contribution is -0.118. The van der Waals surface area contributed by atoms with Crippen molar-refractivity contribution in [2.75, 3.05) is 0 Å². The highest BCUT2D eigenvalue weighted by molar-refractivity contribution is 5.09. The predicted octanol–water partition coefficient (Wildman–Crippen LogP) is 5.65. The standard InChI is InChI=1S/C20H34O/c1-15-7-6-8-16(2)10-12-18-19(3,4)17(11-9-15)13-14-20(18,5)21/h8-9,17-18,21H,6-7,10-14H2,1-5H3. The molecule has 2 aliphatic carbocycles. The largest absolute Gasteiger partial charge is 0.390 e. The molecule has 1 saturated carbocycles. The van der Waals surface area contributed by atoms with E-state index in [0.717, 1.165) is 25.7 Å². The predicted molar refractivity (Wildman–Crippen MR) is 91.2 cm³/mol. The molecule has 120 valence electrons. The number of hydrogen-bond donors (Lipinski definition) is 1. The zero-order chi connectivity index (χ0) is 15.7. The highest BCUT2D eigenvalue weighted by Crippen LogP contribution is 2.53. The first-order valence-electron chi connectivity index (χ1n) is 8.77. The third-order valence-electron chi connectivity index (χ3n) is 6.31. The quantitative estimate of drug-likeness (QED) is 0.572. The van der Waals surface area contributed by atoms with Gasteiger partial charge in [0.15, 0.2) is 0 Å². The number of rotatable bonds is 0. The summed E-state index contributed by atoms with van der Waals surface area (Å²) in [5, 5.41) is 10.9. The Morgan fingerprint density at radius 3 is 2.38 bits per heavy atom. The van der Waals surface area contributed by atoms with Gasteiger partial charge in [0.1, 0.15) is 0 Å². The van der Waals surface area contributed by atoms with Gasteiger partial charge < -0.3 is 5.11 Å². The molecule has 1 fully saturated rings. The van der Waals surface area contributed by atoms with Crippen LogP contribution in [0.2, 0.25) is 0 Å². The minimum Gasteiger partial charge on any atom is -0.390 e. The molecule has 0 aliphatic heterocycles. The van der Waals surface area contributed by atoms with Crippen molar-refractivity contribution >= 4 is 0 Å². The topological polar surface area (TPSA) is 20.2 Å². The first kappa shape index (κ1) is 16.8. The van der Waals surface area contributed by atoms with E-state index in [9.17, 15) is 5.11 Å². The van der Waals surface area contributed by atoms with E-state index < -0.39 is 5.60 Å². The van der Waals surface area contributed by atoms with Gasteiger partial charge in [-0.1, -0.05) is 37.1 Å². The van der Waals surface area contributed by atoms with Crippen LogP contribution in [0.1, 0.15) is 79.6 Å². The Balaban J connectivity index is 2.30. The second-order valence-electron chi connectivity index (χ2n) is 8.38. The third kappa shape index (κ3) is 3.80. The van der Waals surface area contributed by atoms with Crippen LogP contribution in [0, 0.1) is 17.3 Å². The summed E-state index contributed by atoms with van der Waals surface area (Å²) in [4.78, 5) is 0. The average molecular weight is 290 g/mol. The van der Waals surface area contributed by atoms with Crippen molar-refractivity contribution in [3.05, 3.63) is 23.3 Å². The first-order valence-corrected chi connectivity index (χ1v) is 8.77. The van der Waals surface area contributed by atoms with E-state index in [0.29, 0.717) is 11.8 Å². The summed E-state index contributed by atoms with van der Waals surface area (Å²) < 4.78 is 0. The number of hydrogen-bond acceptors (Lipinski definition) is 1. The summed E-state index contributed by atoms with van der Waals surface area (Å²) in [5.74, 6) is 1.11. The molecule has 3 unspecified atom stereocenters. The summed E-state index contributed by atoms with van der Waals surface area (Å²) in [5.41, 5.74) is 2.75. The highest BCUT2D eigenvalue weighted by atomic mass is 16.3. The molecule has 0 aromatic carbocycles. The van der Waals surface area contributed by atoms with Gasteiger partial charge in [0.05, 0.1) is 5.60 Å². The van der Waals surface area contributed by atoms with Gasteiger partial charge in [-0.3, -0.25) is 0 Å². The van der Waals surface area contributed by atoms with Crippen molar-refractivity contribution in [1.29, 1.82) is 0 Å². The molecule has 2 rings (SSSR count). The zero-order valence-electron chi connectivity index (χ0n) is 14.7. The molecule has 2 aliphatic rings. The van der Waals surface area contributed by atoms with Crippen LogP contribution >= 0.6 is 0 Å². The van der Waals surface area contributed by atoms with Gasteiger partial charge in [-0.25, -0.2) is 0 Å². The maximum atomic E-state index is 10.9. The van der Waals surface area contributed by atoms with E-state index in [1.807, 2.05) is 0 Å². The lowest BCUT2D eigenvalue weighted by Crippen LogP contribution is -2.51. The molecule has 21 heavy (non-hydrogen) atoms. The van der Waals surface area contributed by atoms with E-state index in [1.165, 1.54) is 30.4 Å².